The van der Waals surface area contributed by atoms with Gasteiger partial charge in [0.15, 0.2) is 0 Å². The molecule has 0 unspecified atom stereocenters. The van der Waals surface area contributed by atoms with Gasteiger partial charge in [0, 0.05) is 0 Å². The maximum atomic E-state index is 7.82. The molecule has 0 fully saturated rings. The van der Waals surface area contributed by atoms with Crippen LogP contribution in [0.25, 0.3) is 5.41 Å². The molecule has 0 heterocycles. The molecule has 0 saturated heterocycles. The zero-order valence-electron chi connectivity index (χ0n) is 3.51. The van der Waals surface area contributed by atoms with Gasteiger partial charge in [-0.15, -0.1) is 6.92 Å². The van der Waals surface area contributed by atoms with Crippen LogP contribution in [0.4, 0.5) is 0 Å². The van der Waals surface area contributed by atoms with Gasteiger partial charge in [-0.1, -0.05) is 0 Å². The predicted octanol–water partition coefficient (Wildman–Crippen LogP) is 1.00. The summed E-state index contributed by atoms with van der Waals surface area (Å²) >= 11 is 0. The summed E-state index contributed by atoms with van der Waals surface area (Å²) < 4.78 is 0. The molecule has 0 radical (unpaired) electrons. The van der Waals surface area contributed by atoms with E-state index in [0.717, 1.165) is 6.21 Å². The number of hydrogen-bond donors (Lipinski definition) is 0. The fourth-order valence-corrected chi connectivity index (χ4v) is 0.0745. The summed E-state index contributed by atoms with van der Waals surface area (Å²) in [6, 6.07) is 0. The van der Waals surface area contributed by atoms with Crippen molar-refractivity contribution in [2.75, 3.05) is 0 Å². The SMILES string of the molecule is C[C-]=CC=[N-].[W+2]. The van der Waals surface area contributed by atoms with E-state index < -0.39 is 0 Å². The Hall–Kier alpha value is 0.0983. The molecule has 32 valence electrons. The fraction of sp³-hybridized carbons (Fsp3) is 0.250. The Kier molecular flexibility index (Phi) is 14.0. The summed E-state index contributed by atoms with van der Waals surface area (Å²) in [5.41, 5.74) is 0. The minimum absolute atomic E-state index is 0. The smallest absolute Gasteiger partial charge is 0.911 e. The largest absolute Gasteiger partial charge is 2.00 e. The van der Waals surface area contributed by atoms with Crippen LogP contribution in [-0.2, 0) is 21.1 Å². The van der Waals surface area contributed by atoms with E-state index in [0.29, 0.717) is 0 Å². The average molecular weight is 251 g/mol. The van der Waals surface area contributed by atoms with Crippen molar-refractivity contribution < 1.29 is 21.1 Å². The van der Waals surface area contributed by atoms with E-state index >= 15 is 0 Å². The molecule has 0 atom stereocenters. The molecule has 1 nitrogen and oxygen atoms in total. The van der Waals surface area contributed by atoms with Crippen LogP contribution in [0.1, 0.15) is 6.92 Å². The second-order valence-corrected chi connectivity index (χ2v) is 0.604. The summed E-state index contributed by atoms with van der Waals surface area (Å²) in [5.74, 6) is 0. The van der Waals surface area contributed by atoms with Gasteiger partial charge in [-0.2, -0.15) is 0 Å². The zero-order chi connectivity index (χ0) is 4.12. The van der Waals surface area contributed by atoms with Gasteiger partial charge in [-0.05, 0) is 0 Å². The minimum Gasteiger partial charge on any atom is -0.911 e. The Balaban J connectivity index is 0. The molecule has 0 spiro atoms. The van der Waals surface area contributed by atoms with Crippen molar-refractivity contribution in [3.63, 3.8) is 0 Å². The average Bonchev–Trinajstić information content (AvgIpc) is 1.41. The molecule has 0 aromatic heterocycles. The molecule has 0 saturated carbocycles. The first-order valence-electron chi connectivity index (χ1n) is 1.38. The third-order valence-corrected chi connectivity index (χ3v) is 0.241. The summed E-state index contributed by atoms with van der Waals surface area (Å²) in [6.45, 7) is 1.72. The van der Waals surface area contributed by atoms with Gasteiger partial charge in [0.05, 0.1) is 0 Å². The van der Waals surface area contributed by atoms with E-state index in [4.69, 9.17) is 5.41 Å². The number of rotatable bonds is 1. The van der Waals surface area contributed by atoms with Crippen molar-refractivity contribution in [1.82, 2.24) is 0 Å². The molecule has 0 aliphatic carbocycles. The van der Waals surface area contributed by atoms with Crippen molar-refractivity contribution in [3.05, 3.63) is 17.6 Å². The molecule has 0 aromatic carbocycles. The summed E-state index contributed by atoms with van der Waals surface area (Å²) in [4.78, 5) is 0. The molecule has 0 amide bonds. The summed E-state index contributed by atoms with van der Waals surface area (Å²) in [7, 11) is 0. The van der Waals surface area contributed by atoms with Crippen LogP contribution >= 0.6 is 0 Å². The van der Waals surface area contributed by atoms with Crippen LogP contribution in [0, 0.1) is 6.08 Å². The Morgan fingerprint density at radius 3 is 2.17 bits per heavy atom. The van der Waals surface area contributed by atoms with Gasteiger partial charge >= 0.3 is 21.1 Å². The maximum absolute atomic E-state index is 7.82. The third kappa shape index (κ3) is 8.94. The number of hydrogen-bond acceptors (Lipinski definition) is 0. The Morgan fingerprint density at radius 2 is 2.17 bits per heavy atom. The van der Waals surface area contributed by atoms with Crippen molar-refractivity contribution in [3.8, 4) is 0 Å². The van der Waals surface area contributed by atoms with E-state index in [9.17, 15) is 0 Å². The van der Waals surface area contributed by atoms with Crippen molar-refractivity contribution in [1.29, 1.82) is 0 Å². The van der Waals surface area contributed by atoms with Gasteiger partial charge in [0.25, 0.3) is 0 Å². The second kappa shape index (κ2) is 8.92. The van der Waals surface area contributed by atoms with E-state index in [1.807, 2.05) is 0 Å². The number of allylic oxidation sites excluding steroid dienone is 2. The fourth-order valence-electron chi connectivity index (χ4n) is 0.0745. The summed E-state index contributed by atoms with van der Waals surface area (Å²) in [5, 5.41) is 7.82. The molecule has 0 rings (SSSR count). The normalized spacial score (nSPS) is 7.50. The first-order valence-corrected chi connectivity index (χ1v) is 1.38. The van der Waals surface area contributed by atoms with E-state index in [1.54, 1.807) is 6.92 Å². The second-order valence-electron chi connectivity index (χ2n) is 0.604. The van der Waals surface area contributed by atoms with Gasteiger partial charge in [0.2, 0.25) is 0 Å². The Morgan fingerprint density at radius 1 is 1.67 bits per heavy atom. The molecule has 0 aliphatic rings. The maximum Gasteiger partial charge on any atom is 2.00 e. The van der Waals surface area contributed by atoms with E-state index in [1.165, 1.54) is 6.08 Å². The quantitative estimate of drug-likeness (QED) is 0.490. The van der Waals surface area contributed by atoms with Gasteiger partial charge in [0.1, 0.15) is 0 Å². The van der Waals surface area contributed by atoms with Crippen molar-refractivity contribution in [2.45, 2.75) is 6.92 Å². The number of nitrogens with zero attached hydrogens (tertiary/aromatic N) is 1. The minimum atomic E-state index is 0. The van der Waals surface area contributed by atoms with Gasteiger partial charge in [-0.3, -0.25) is 12.2 Å². The first kappa shape index (κ1) is 9.44. The standard InChI is InChI=1S/C4H5N.W/c1-2-3-4-5;/h3-4H,1H3;/q-2;+2. The first-order chi connectivity index (χ1) is 2.41. The monoisotopic (exact) mass is 251 g/mol. The molecular formula is C4H5NW. The molecule has 0 N–H and O–H groups in total. The zero-order valence-corrected chi connectivity index (χ0v) is 6.44. The van der Waals surface area contributed by atoms with Crippen LogP contribution in [0.5, 0.6) is 0 Å². The van der Waals surface area contributed by atoms with Crippen LogP contribution in [0.3, 0.4) is 0 Å². The molecular weight excluding hydrogens is 246 g/mol. The van der Waals surface area contributed by atoms with E-state index in [-0.39, 0.29) is 21.1 Å². The molecule has 0 aromatic rings. The van der Waals surface area contributed by atoms with Crippen molar-refractivity contribution >= 4 is 6.21 Å². The third-order valence-electron chi connectivity index (χ3n) is 0.241. The van der Waals surface area contributed by atoms with Gasteiger partial charge in [-0.25, -0.2) is 0 Å². The van der Waals surface area contributed by atoms with Crippen LogP contribution in [0.2, 0.25) is 0 Å². The van der Waals surface area contributed by atoms with Crippen LogP contribution in [-0.4, -0.2) is 6.21 Å². The van der Waals surface area contributed by atoms with Crippen LogP contribution < -0.4 is 0 Å². The van der Waals surface area contributed by atoms with Crippen LogP contribution in [0.15, 0.2) is 6.08 Å². The molecule has 2 heteroatoms. The molecule has 6 heavy (non-hydrogen) atoms. The Labute approximate surface area is 52.2 Å². The predicted molar refractivity (Wildman–Crippen MR) is 22.9 cm³/mol. The molecule has 0 aliphatic heterocycles. The molecule has 0 bridgehead atoms. The van der Waals surface area contributed by atoms with E-state index in [2.05, 4.69) is 6.08 Å². The van der Waals surface area contributed by atoms with Gasteiger partial charge < -0.3 is 11.6 Å². The topological polar surface area (TPSA) is 22.3 Å². The Bertz CT molecular complexity index is 49.5. The summed E-state index contributed by atoms with van der Waals surface area (Å²) in [6.07, 6.45) is 4.96. The van der Waals surface area contributed by atoms with Crippen molar-refractivity contribution in [2.24, 2.45) is 0 Å².